The molecule has 0 bridgehead atoms. The molecule has 0 aliphatic heterocycles. The van der Waals surface area contributed by atoms with Crippen molar-refractivity contribution in [1.29, 1.82) is 0 Å². The lowest BCUT2D eigenvalue weighted by atomic mass is 9.93. The van der Waals surface area contributed by atoms with Crippen molar-refractivity contribution in [2.75, 3.05) is 14.2 Å². The molecular formula is C22H28F3N3O5S2. The summed E-state index contributed by atoms with van der Waals surface area (Å²) in [5.41, 5.74) is 0.249. The molecule has 0 N–H and O–H groups in total. The van der Waals surface area contributed by atoms with E-state index in [1.807, 2.05) is 0 Å². The molecule has 0 fully saturated rings. The van der Waals surface area contributed by atoms with Gasteiger partial charge in [-0.1, -0.05) is 13.8 Å². The van der Waals surface area contributed by atoms with Crippen LogP contribution >= 0.6 is 0 Å². The average molecular weight is 536 g/mol. The maximum atomic E-state index is 13.6. The van der Waals surface area contributed by atoms with Crippen LogP contribution in [0.2, 0.25) is 0 Å². The summed E-state index contributed by atoms with van der Waals surface area (Å²) in [6.45, 7) is 3.43. The molecule has 8 nitrogen and oxygen atoms in total. The van der Waals surface area contributed by atoms with Crippen LogP contribution in [0.1, 0.15) is 56.0 Å². The standard InChI is InChI=1S/C22H28F3N3O5S2/c1-14(2)34(30)16-10-15(22(23,24)25)11-17(12-16)35(31,32)27(3)19-6-5-7-20-18(19)13-26-28(20)9-8-21(29)33-4/h10-14,19H,5-9H2,1-4H3/t19-,34?/m1/s1. The molecule has 0 spiro atoms. The number of aromatic nitrogens is 2. The Balaban J connectivity index is 2.00. The van der Waals surface area contributed by atoms with Crippen molar-refractivity contribution in [3.8, 4) is 0 Å². The lowest BCUT2D eigenvalue weighted by molar-refractivity contribution is -0.141. The summed E-state index contributed by atoms with van der Waals surface area (Å²) in [6, 6.07) is 1.72. The SMILES string of the molecule is COC(=O)CCn1ncc2c1CCC[C@H]2N(C)S(=O)(=O)c1cc(S(=O)C(C)C)cc(C(F)(F)F)c1. The van der Waals surface area contributed by atoms with E-state index in [9.17, 15) is 30.6 Å². The first-order valence-electron chi connectivity index (χ1n) is 11.0. The van der Waals surface area contributed by atoms with Crippen LogP contribution in [0.25, 0.3) is 0 Å². The Labute approximate surface area is 205 Å². The first-order valence-corrected chi connectivity index (χ1v) is 13.6. The predicted octanol–water partition coefficient (Wildman–Crippen LogP) is 3.68. The number of methoxy groups -OCH3 is 1. The molecule has 35 heavy (non-hydrogen) atoms. The van der Waals surface area contributed by atoms with E-state index < -0.39 is 54.7 Å². The van der Waals surface area contributed by atoms with Gasteiger partial charge in [0, 0.05) is 28.5 Å². The zero-order chi connectivity index (χ0) is 26.1. The number of esters is 1. The third-order valence-corrected chi connectivity index (χ3v) is 9.37. The van der Waals surface area contributed by atoms with Crippen LogP contribution < -0.4 is 0 Å². The van der Waals surface area contributed by atoms with Crippen LogP contribution in [0.15, 0.2) is 34.2 Å². The van der Waals surface area contributed by atoms with Gasteiger partial charge in [-0.3, -0.25) is 13.7 Å². The number of ether oxygens (including phenoxy) is 1. The number of benzene rings is 1. The van der Waals surface area contributed by atoms with E-state index in [-0.39, 0.29) is 17.9 Å². The summed E-state index contributed by atoms with van der Waals surface area (Å²) in [5, 5.41) is 3.80. The molecule has 2 aromatic rings. The van der Waals surface area contributed by atoms with Crippen LogP contribution in [0.3, 0.4) is 0 Å². The molecule has 1 heterocycles. The molecule has 0 saturated heterocycles. The highest BCUT2D eigenvalue weighted by Crippen LogP contribution is 2.38. The van der Waals surface area contributed by atoms with Gasteiger partial charge in [-0.2, -0.15) is 22.6 Å². The number of alkyl halides is 3. The van der Waals surface area contributed by atoms with E-state index in [0.29, 0.717) is 30.9 Å². The van der Waals surface area contributed by atoms with Crippen molar-refractivity contribution in [1.82, 2.24) is 14.1 Å². The minimum Gasteiger partial charge on any atom is -0.469 e. The lowest BCUT2D eigenvalue weighted by Gasteiger charge is -2.31. The largest absolute Gasteiger partial charge is 0.469 e. The van der Waals surface area contributed by atoms with Gasteiger partial charge in [-0.15, -0.1) is 0 Å². The summed E-state index contributed by atoms with van der Waals surface area (Å²) in [7, 11) is -3.59. The molecule has 13 heteroatoms. The summed E-state index contributed by atoms with van der Waals surface area (Å²) in [5.74, 6) is -0.402. The molecular weight excluding hydrogens is 507 g/mol. The molecule has 1 aliphatic carbocycles. The smallest absolute Gasteiger partial charge is 0.416 e. The normalized spacial score (nSPS) is 17.5. The number of carbonyl (C=O) groups is 1. The summed E-state index contributed by atoms with van der Waals surface area (Å²) >= 11 is 0. The first kappa shape index (κ1) is 27.3. The van der Waals surface area contributed by atoms with E-state index in [0.717, 1.165) is 22.1 Å². The molecule has 1 unspecified atom stereocenters. The Hall–Kier alpha value is -2.25. The number of fused-ring (bicyclic) bond motifs is 1. The van der Waals surface area contributed by atoms with Gasteiger partial charge < -0.3 is 4.74 Å². The minimum absolute atomic E-state index is 0.101. The number of carbonyl (C=O) groups excluding carboxylic acids is 1. The molecule has 0 amide bonds. The minimum atomic E-state index is -4.81. The predicted molar refractivity (Wildman–Crippen MR) is 122 cm³/mol. The van der Waals surface area contributed by atoms with Gasteiger partial charge >= 0.3 is 12.1 Å². The Kier molecular flexibility index (Phi) is 8.12. The molecule has 1 aliphatic rings. The Morgan fingerprint density at radius 1 is 1.31 bits per heavy atom. The van der Waals surface area contributed by atoms with E-state index in [1.165, 1.54) is 20.4 Å². The van der Waals surface area contributed by atoms with E-state index >= 15 is 0 Å². The van der Waals surface area contributed by atoms with Crippen molar-refractivity contribution < 1.29 is 35.3 Å². The van der Waals surface area contributed by atoms with Crippen LogP contribution in [0, 0.1) is 0 Å². The summed E-state index contributed by atoms with van der Waals surface area (Å²) in [4.78, 5) is 10.7. The number of halogens is 3. The number of nitrogens with zero attached hydrogens (tertiary/aromatic N) is 3. The topological polar surface area (TPSA) is 98.6 Å². The molecule has 1 aromatic carbocycles. The maximum absolute atomic E-state index is 13.6. The second kappa shape index (κ2) is 10.4. The second-order valence-electron chi connectivity index (χ2n) is 8.56. The zero-order valence-corrected chi connectivity index (χ0v) is 21.5. The molecule has 2 atom stereocenters. The quantitative estimate of drug-likeness (QED) is 0.479. The van der Waals surface area contributed by atoms with Gasteiger partial charge in [0.05, 0.1) is 53.6 Å². The maximum Gasteiger partial charge on any atom is 0.416 e. The number of sulfonamides is 1. The van der Waals surface area contributed by atoms with Gasteiger partial charge in [-0.05, 0) is 37.5 Å². The fraction of sp³-hybridized carbons (Fsp3) is 0.545. The van der Waals surface area contributed by atoms with Crippen molar-refractivity contribution in [2.45, 2.75) is 73.3 Å². The monoisotopic (exact) mass is 535 g/mol. The fourth-order valence-corrected chi connectivity index (χ4v) is 6.61. The summed E-state index contributed by atoms with van der Waals surface area (Å²) < 4.78 is 87.6. The molecule has 3 rings (SSSR count). The average Bonchev–Trinajstić information content (AvgIpc) is 3.23. The summed E-state index contributed by atoms with van der Waals surface area (Å²) in [6.07, 6.45) is -1.46. The molecule has 0 saturated carbocycles. The zero-order valence-electron chi connectivity index (χ0n) is 19.8. The second-order valence-corrected chi connectivity index (χ2v) is 12.6. The third kappa shape index (κ3) is 5.78. The van der Waals surface area contributed by atoms with Gasteiger partial charge in [0.15, 0.2) is 0 Å². The lowest BCUT2D eigenvalue weighted by Crippen LogP contribution is -2.33. The number of aryl methyl sites for hydroxylation is 1. The Morgan fingerprint density at radius 2 is 2.00 bits per heavy atom. The number of hydrogen-bond acceptors (Lipinski definition) is 6. The van der Waals surface area contributed by atoms with Gasteiger partial charge in [0.2, 0.25) is 10.0 Å². The molecule has 194 valence electrons. The highest BCUT2D eigenvalue weighted by molar-refractivity contribution is 7.89. The first-order chi connectivity index (χ1) is 16.3. The molecule has 1 aromatic heterocycles. The van der Waals surface area contributed by atoms with Crippen molar-refractivity contribution in [3.05, 3.63) is 41.2 Å². The third-order valence-electron chi connectivity index (χ3n) is 5.97. The van der Waals surface area contributed by atoms with Crippen LogP contribution in [-0.2, 0) is 49.5 Å². The highest BCUT2D eigenvalue weighted by atomic mass is 32.2. The van der Waals surface area contributed by atoms with Crippen molar-refractivity contribution in [3.63, 3.8) is 0 Å². The van der Waals surface area contributed by atoms with Gasteiger partial charge in [0.25, 0.3) is 0 Å². The van der Waals surface area contributed by atoms with Crippen LogP contribution in [-0.4, -0.2) is 52.1 Å². The highest BCUT2D eigenvalue weighted by Gasteiger charge is 2.37. The van der Waals surface area contributed by atoms with Crippen LogP contribution in [0.5, 0.6) is 0 Å². The number of rotatable bonds is 8. The molecule has 0 radical (unpaired) electrons. The van der Waals surface area contributed by atoms with E-state index in [1.54, 1.807) is 18.5 Å². The van der Waals surface area contributed by atoms with Crippen molar-refractivity contribution in [2.24, 2.45) is 0 Å². The fourth-order valence-electron chi connectivity index (χ4n) is 4.07. The van der Waals surface area contributed by atoms with Crippen LogP contribution in [0.4, 0.5) is 13.2 Å². The van der Waals surface area contributed by atoms with Gasteiger partial charge in [-0.25, -0.2) is 8.42 Å². The van der Waals surface area contributed by atoms with E-state index in [4.69, 9.17) is 0 Å². The van der Waals surface area contributed by atoms with Gasteiger partial charge in [0.1, 0.15) is 0 Å². The Bertz CT molecular complexity index is 1230. The van der Waals surface area contributed by atoms with Crippen molar-refractivity contribution >= 4 is 26.8 Å². The number of hydrogen-bond donors (Lipinski definition) is 0. The van der Waals surface area contributed by atoms with E-state index in [2.05, 4.69) is 9.84 Å². The Morgan fingerprint density at radius 3 is 2.60 bits per heavy atom.